The molecule has 0 saturated carbocycles. The number of nitrogens with one attached hydrogen (secondary N) is 1. The molecule has 0 heterocycles. The van der Waals surface area contributed by atoms with Gasteiger partial charge >= 0.3 is 0 Å². The fourth-order valence-electron chi connectivity index (χ4n) is 3.37. The van der Waals surface area contributed by atoms with Crippen LogP contribution in [-0.2, 0) is 14.8 Å². The standard InChI is InChI=1S/C24H23ClN2O4S/c1-16-11-17(2)13-20(12-16)27(32(3,30)31)15-23(28)26-22-10-9-19(25)14-21(22)24(29)18-7-5-4-6-8-18/h4-14H,15H2,1-3H3,(H,26,28). The molecule has 0 radical (unpaired) electrons. The lowest BCUT2D eigenvalue weighted by atomic mass is 10.0. The van der Waals surface area contributed by atoms with E-state index >= 15 is 0 Å². The molecule has 32 heavy (non-hydrogen) atoms. The molecule has 6 nitrogen and oxygen atoms in total. The van der Waals surface area contributed by atoms with Gasteiger partial charge < -0.3 is 5.32 Å². The number of halogens is 1. The zero-order chi connectivity index (χ0) is 23.5. The second-order valence-corrected chi connectivity index (χ2v) is 9.89. The molecule has 0 atom stereocenters. The minimum absolute atomic E-state index is 0.217. The summed E-state index contributed by atoms with van der Waals surface area (Å²) in [6.07, 6.45) is 1.05. The molecule has 3 aromatic rings. The van der Waals surface area contributed by atoms with Crippen molar-refractivity contribution in [1.29, 1.82) is 0 Å². The molecule has 8 heteroatoms. The van der Waals surface area contributed by atoms with E-state index in [1.165, 1.54) is 12.1 Å². The Balaban J connectivity index is 1.90. The van der Waals surface area contributed by atoms with E-state index in [1.807, 2.05) is 19.9 Å². The van der Waals surface area contributed by atoms with Crippen molar-refractivity contribution in [3.8, 4) is 0 Å². The number of hydrogen-bond donors (Lipinski definition) is 1. The van der Waals surface area contributed by atoms with Crippen molar-refractivity contribution in [2.45, 2.75) is 13.8 Å². The molecule has 1 N–H and O–H groups in total. The summed E-state index contributed by atoms with van der Waals surface area (Å²) in [7, 11) is -3.73. The lowest BCUT2D eigenvalue weighted by Crippen LogP contribution is -2.37. The van der Waals surface area contributed by atoms with Crippen LogP contribution in [0.2, 0.25) is 5.02 Å². The zero-order valence-corrected chi connectivity index (χ0v) is 19.5. The van der Waals surface area contributed by atoms with Crippen molar-refractivity contribution in [3.63, 3.8) is 0 Å². The van der Waals surface area contributed by atoms with Crippen LogP contribution < -0.4 is 9.62 Å². The van der Waals surface area contributed by atoms with E-state index < -0.39 is 22.5 Å². The maximum atomic E-state index is 13.0. The number of hydrogen-bond acceptors (Lipinski definition) is 4. The largest absolute Gasteiger partial charge is 0.324 e. The van der Waals surface area contributed by atoms with Crippen LogP contribution in [0.5, 0.6) is 0 Å². The minimum atomic E-state index is -3.73. The summed E-state index contributed by atoms with van der Waals surface area (Å²) in [5, 5.41) is 3.01. The van der Waals surface area contributed by atoms with E-state index in [0.29, 0.717) is 16.3 Å². The van der Waals surface area contributed by atoms with Crippen LogP contribution in [0.1, 0.15) is 27.0 Å². The number of anilines is 2. The number of rotatable bonds is 7. The predicted molar refractivity (Wildman–Crippen MR) is 128 cm³/mol. The van der Waals surface area contributed by atoms with Gasteiger partial charge in [0.25, 0.3) is 0 Å². The Kier molecular flexibility index (Phi) is 7.01. The van der Waals surface area contributed by atoms with Gasteiger partial charge in [0.1, 0.15) is 6.54 Å². The average molecular weight is 471 g/mol. The smallest absolute Gasteiger partial charge is 0.245 e. The number of amides is 1. The molecule has 0 aromatic heterocycles. The summed E-state index contributed by atoms with van der Waals surface area (Å²) in [4.78, 5) is 25.8. The third-order valence-corrected chi connectivity index (χ3v) is 6.09. The summed E-state index contributed by atoms with van der Waals surface area (Å²) in [5.74, 6) is -0.892. The fourth-order valence-corrected chi connectivity index (χ4v) is 4.39. The van der Waals surface area contributed by atoms with Gasteiger partial charge in [-0.3, -0.25) is 13.9 Å². The SMILES string of the molecule is Cc1cc(C)cc(N(CC(=O)Nc2ccc(Cl)cc2C(=O)c2ccccc2)S(C)(=O)=O)c1. The third-order valence-electron chi connectivity index (χ3n) is 4.72. The first-order chi connectivity index (χ1) is 15.0. The van der Waals surface area contributed by atoms with Gasteiger partial charge in [0.2, 0.25) is 15.9 Å². The summed E-state index contributed by atoms with van der Waals surface area (Å²) in [6.45, 7) is 3.27. The normalized spacial score (nSPS) is 11.1. The van der Waals surface area contributed by atoms with Crippen LogP contribution in [0, 0.1) is 13.8 Å². The topological polar surface area (TPSA) is 83.6 Å². The highest BCUT2D eigenvalue weighted by atomic mass is 35.5. The second-order valence-electron chi connectivity index (χ2n) is 7.55. The Morgan fingerprint density at radius 2 is 1.56 bits per heavy atom. The summed E-state index contributed by atoms with van der Waals surface area (Å²) < 4.78 is 25.9. The van der Waals surface area contributed by atoms with Crippen LogP contribution in [0.4, 0.5) is 11.4 Å². The molecule has 0 aliphatic carbocycles. The number of ketones is 1. The van der Waals surface area contributed by atoms with Crippen LogP contribution in [0.15, 0.2) is 66.7 Å². The predicted octanol–water partition coefficient (Wildman–Crippen LogP) is 4.59. The van der Waals surface area contributed by atoms with E-state index in [9.17, 15) is 18.0 Å². The van der Waals surface area contributed by atoms with Crippen LogP contribution in [0.25, 0.3) is 0 Å². The average Bonchev–Trinajstić information content (AvgIpc) is 2.72. The number of aryl methyl sites for hydroxylation is 2. The third kappa shape index (κ3) is 5.75. The number of carbonyl (C=O) groups excluding carboxylic acids is 2. The van der Waals surface area contributed by atoms with Gasteiger partial charge in [-0.25, -0.2) is 8.42 Å². The maximum absolute atomic E-state index is 13.0. The molecule has 0 saturated heterocycles. The Morgan fingerprint density at radius 3 is 2.16 bits per heavy atom. The van der Waals surface area contributed by atoms with Gasteiger partial charge in [0.15, 0.2) is 5.78 Å². The molecule has 3 aromatic carbocycles. The molecule has 0 aliphatic rings. The van der Waals surface area contributed by atoms with Gasteiger partial charge in [-0.2, -0.15) is 0 Å². The highest BCUT2D eigenvalue weighted by Gasteiger charge is 2.23. The van der Waals surface area contributed by atoms with Crippen molar-refractivity contribution >= 4 is 44.7 Å². The molecular formula is C24H23ClN2O4S. The molecule has 0 spiro atoms. The summed E-state index contributed by atoms with van der Waals surface area (Å²) in [6, 6.07) is 18.5. The van der Waals surface area contributed by atoms with Gasteiger partial charge in [0.05, 0.1) is 17.6 Å². The van der Waals surface area contributed by atoms with Gasteiger partial charge in [0, 0.05) is 16.1 Å². The summed E-state index contributed by atoms with van der Waals surface area (Å²) in [5.41, 5.74) is 3.07. The van der Waals surface area contributed by atoms with Crippen molar-refractivity contribution in [2.75, 3.05) is 22.4 Å². The number of carbonyl (C=O) groups is 2. The van der Waals surface area contributed by atoms with Gasteiger partial charge in [-0.05, 0) is 55.3 Å². The fraction of sp³-hybridized carbons (Fsp3) is 0.167. The highest BCUT2D eigenvalue weighted by molar-refractivity contribution is 7.92. The molecule has 0 fully saturated rings. The van der Waals surface area contributed by atoms with E-state index in [-0.39, 0.29) is 17.0 Å². The van der Waals surface area contributed by atoms with E-state index in [0.717, 1.165) is 21.7 Å². The first-order valence-corrected chi connectivity index (χ1v) is 12.0. The Morgan fingerprint density at radius 1 is 0.938 bits per heavy atom. The van der Waals surface area contributed by atoms with Gasteiger partial charge in [-0.1, -0.05) is 48.0 Å². The zero-order valence-electron chi connectivity index (χ0n) is 17.9. The lowest BCUT2D eigenvalue weighted by Gasteiger charge is -2.23. The van der Waals surface area contributed by atoms with Crippen molar-refractivity contribution in [1.82, 2.24) is 0 Å². The van der Waals surface area contributed by atoms with E-state index in [1.54, 1.807) is 48.5 Å². The molecule has 1 amide bonds. The molecular weight excluding hydrogens is 448 g/mol. The molecule has 0 unspecified atom stereocenters. The lowest BCUT2D eigenvalue weighted by molar-refractivity contribution is -0.114. The minimum Gasteiger partial charge on any atom is -0.324 e. The van der Waals surface area contributed by atoms with E-state index in [4.69, 9.17) is 11.6 Å². The van der Waals surface area contributed by atoms with Crippen LogP contribution in [-0.4, -0.2) is 32.9 Å². The quantitative estimate of drug-likeness (QED) is 0.512. The monoisotopic (exact) mass is 470 g/mol. The Hall–Kier alpha value is -3.16. The van der Waals surface area contributed by atoms with E-state index in [2.05, 4.69) is 5.32 Å². The van der Waals surface area contributed by atoms with Crippen LogP contribution in [0.3, 0.4) is 0 Å². The number of nitrogens with zero attached hydrogens (tertiary/aromatic N) is 1. The highest BCUT2D eigenvalue weighted by Crippen LogP contribution is 2.25. The second kappa shape index (κ2) is 9.54. The molecule has 166 valence electrons. The van der Waals surface area contributed by atoms with Crippen molar-refractivity contribution in [3.05, 3.63) is 94.0 Å². The Bertz CT molecular complexity index is 1250. The molecule has 0 aliphatic heterocycles. The number of benzene rings is 3. The molecule has 0 bridgehead atoms. The van der Waals surface area contributed by atoms with Crippen molar-refractivity contribution < 1.29 is 18.0 Å². The summed E-state index contributed by atoms with van der Waals surface area (Å²) >= 11 is 6.09. The maximum Gasteiger partial charge on any atom is 0.245 e. The number of sulfonamides is 1. The Labute approximate surface area is 192 Å². The molecule has 3 rings (SSSR count). The van der Waals surface area contributed by atoms with Gasteiger partial charge in [-0.15, -0.1) is 0 Å². The van der Waals surface area contributed by atoms with Crippen molar-refractivity contribution in [2.24, 2.45) is 0 Å². The van der Waals surface area contributed by atoms with Crippen LogP contribution >= 0.6 is 11.6 Å². The first kappa shape index (κ1) is 23.5. The first-order valence-electron chi connectivity index (χ1n) is 9.80.